The fraction of sp³-hybridized carbons (Fsp3) is 0.286. The summed E-state index contributed by atoms with van der Waals surface area (Å²) in [6.07, 6.45) is 3.70. The number of para-hydroxylation sites is 1. The average Bonchev–Trinajstić information content (AvgIpc) is 2.88. The van der Waals surface area contributed by atoms with Gasteiger partial charge in [-0.1, -0.05) is 29.4 Å². The van der Waals surface area contributed by atoms with Crippen molar-refractivity contribution in [1.82, 2.24) is 10.1 Å². The van der Waals surface area contributed by atoms with Crippen LogP contribution in [0.4, 0.5) is 0 Å². The monoisotopic (exact) mass is 276 g/mol. The van der Waals surface area contributed by atoms with E-state index in [0.717, 1.165) is 11.5 Å². The predicted octanol–water partition coefficient (Wildman–Crippen LogP) is 3.41. The summed E-state index contributed by atoms with van der Waals surface area (Å²) in [5.74, 6) is 3.77. The van der Waals surface area contributed by atoms with Crippen LogP contribution in [0.25, 0.3) is 6.08 Å². The Labute approximate surface area is 116 Å². The van der Waals surface area contributed by atoms with Crippen molar-refractivity contribution >= 4 is 17.8 Å². The van der Waals surface area contributed by atoms with Crippen molar-refractivity contribution in [1.29, 1.82) is 0 Å². The second-order valence-corrected chi connectivity index (χ2v) is 4.87. The van der Waals surface area contributed by atoms with Crippen molar-refractivity contribution in [3.63, 3.8) is 0 Å². The third kappa shape index (κ3) is 4.79. The van der Waals surface area contributed by atoms with Gasteiger partial charge in [-0.15, -0.1) is 11.8 Å². The second kappa shape index (κ2) is 7.63. The third-order valence-corrected chi connectivity index (χ3v) is 3.17. The van der Waals surface area contributed by atoms with E-state index in [-0.39, 0.29) is 0 Å². The van der Waals surface area contributed by atoms with Gasteiger partial charge in [-0.2, -0.15) is 4.98 Å². The highest BCUT2D eigenvalue weighted by Gasteiger charge is 2.03. The number of allylic oxidation sites excluding steroid dienone is 1. The van der Waals surface area contributed by atoms with Crippen LogP contribution in [0.5, 0.6) is 5.75 Å². The molecule has 1 aromatic heterocycles. The first-order valence-electron chi connectivity index (χ1n) is 6.09. The Balaban J connectivity index is 1.64. The average molecular weight is 276 g/mol. The highest BCUT2D eigenvalue weighted by molar-refractivity contribution is 7.98. The topological polar surface area (TPSA) is 48.2 Å². The van der Waals surface area contributed by atoms with Crippen LogP contribution >= 0.6 is 11.8 Å². The SMILES string of the molecule is C/C=C/c1noc(CSCCOc2ccccc2)n1. The molecule has 0 saturated heterocycles. The van der Waals surface area contributed by atoms with Gasteiger partial charge < -0.3 is 9.26 Å². The van der Waals surface area contributed by atoms with Crippen molar-refractivity contribution < 1.29 is 9.26 Å². The number of rotatable bonds is 7. The van der Waals surface area contributed by atoms with E-state index < -0.39 is 0 Å². The summed E-state index contributed by atoms with van der Waals surface area (Å²) >= 11 is 1.71. The molecular formula is C14H16N2O2S. The number of ether oxygens (including phenoxy) is 1. The van der Waals surface area contributed by atoms with E-state index in [4.69, 9.17) is 9.26 Å². The first-order valence-corrected chi connectivity index (χ1v) is 7.25. The molecule has 0 spiro atoms. The molecule has 0 unspecified atom stereocenters. The highest BCUT2D eigenvalue weighted by atomic mass is 32.2. The molecule has 1 heterocycles. The lowest BCUT2D eigenvalue weighted by Crippen LogP contribution is -2.00. The van der Waals surface area contributed by atoms with Crippen molar-refractivity contribution in [3.05, 3.63) is 48.1 Å². The van der Waals surface area contributed by atoms with Gasteiger partial charge in [0.2, 0.25) is 5.89 Å². The number of benzene rings is 1. The maximum absolute atomic E-state index is 5.59. The molecule has 19 heavy (non-hydrogen) atoms. The van der Waals surface area contributed by atoms with Gasteiger partial charge in [0.05, 0.1) is 12.4 Å². The molecule has 0 N–H and O–H groups in total. The standard InChI is InChI=1S/C14H16N2O2S/c1-2-6-13-15-14(18-16-13)11-19-10-9-17-12-7-4-3-5-8-12/h2-8H,9-11H2,1H3/b6-2+. The molecule has 2 rings (SSSR count). The van der Waals surface area contributed by atoms with E-state index in [1.165, 1.54) is 0 Å². The Hall–Kier alpha value is -1.75. The molecule has 0 fully saturated rings. The van der Waals surface area contributed by atoms with E-state index in [2.05, 4.69) is 10.1 Å². The number of nitrogens with zero attached hydrogens (tertiary/aromatic N) is 2. The van der Waals surface area contributed by atoms with Gasteiger partial charge in [-0.25, -0.2) is 0 Å². The lowest BCUT2D eigenvalue weighted by atomic mass is 10.3. The van der Waals surface area contributed by atoms with Crippen molar-refractivity contribution in [2.75, 3.05) is 12.4 Å². The first-order chi connectivity index (χ1) is 9.38. The zero-order valence-electron chi connectivity index (χ0n) is 10.8. The number of hydrogen-bond donors (Lipinski definition) is 0. The molecular weight excluding hydrogens is 260 g/mol. The summed E-state index contributed by atoms with van der Waals surface area (Å²) < 4.78 is 10.7. The summed E-state index contributed by atoms with van der Waals surface area (Å²) in [6, 6.07) is 9.80. The van der Waals surface area contributed by atoms with Crippen LogP contribution in [0.1, 0.15) is 18.6 Å². The second-order valence-electron chi connectivity index (χ2n) is 3.76. The molecule has 4 nitrogen and oxygen atoms in total. The zero-order valence-corrected chi connectivity index (χ0v) is 11.6. The first kappa shape index (κ1) is 13.7. The van der Waals surface area contributed by atoms with E-state index in [9.17, 15) is 0 Å². The van der Waals surface area contributed by atoms with Crippen LogP contribution in [-0.4, -0.2) is 22.5 Å². The lowest BCUT2D eigenvalue weighted by Gasteiger charge is -2.04. The van der Waals surface area contributed by atoms with E-state index in [1.807, 2.05) is 49.4 Å². The maximum Gasteiger partial charge on any atom is 0.236 e. The summed E-state index contributed by atoms with van der Waals surface area (Å²) in [5.41, 5.74) is 0. The molecule has 0 atom stereocenters. The van der Waals surface area contributed by atoms with E-state index in [0.29, 0.717) is 24.1 Å². The van der Waals surface area contributed by atoms with Crippen molar-refractivity contribution in [3.8, 4) is 5.75 Å². The molecule has 0 bridgehead atoms. The molecule has 0 amide bonds. The lowest BCUT2D eigenvalue weighted by molar-refractivity contribution is 0.343. The third-order valence-electron chi connectivity index (χ3n) is 2.26. The predicted molar refractivity (Wildman–Crippen MR) is 77.1 cm³/mol. The van der Waals surface area contributed by atoms with Gasteiger partial charge in [0.1, 0.15) is 5.75 Å². The minimum absolute atomic E-state index is 0.624. The van der Waals surface area contributed by atoms with Crippen LogP contribution in [0.2, 0.25) is 0 Å². The fourth-order valence-electron chi connectivity index (χ4n) is 1.44. The number of aromatic nitrogens is 2. The van der Waals surface area contributed by atoms with Crippen molar-refractivity contribution in [2.24, 2.45) is 0 Å². The molecule has 0 aliphatic rings. The van der Waals surface area contributed by atoms with Gasteiger partial charge in [0.15, 0.2) is 5.82 Å². The van der Waals surface area contributed by atoms with E-state index in [1.54, 1.807) is 11.8 Å². The summed E-state index contributed by atoms with van der Waals surface area (Å²) in [6.45, 7) is 2.59. The molecule has 0 radical (unpaired) electrons. The maximum atomic E-state index is 5.59. The van der Waals surface area contributed by atoms with Gasteiger partial charge in [0.25, 0.3) is 0 Å². The summed E-state index contributed by atoms with van der Waals surface area (Å²) in [7, 11) is 0. The molecule has 0 aliphatic heterocycles. The van der Waals surface area contributed by atoms with Crippen LogP contribution in [0, 0.1) is 0 Å². The number of hydrogen-bond acceptors (Lipinski definition) is 5. The van der Waals surface area contributed by atoms with Crippen LogP contribution in [0.3, 0.4) is 0 Å². The Bertz CT molecular complexity index is 511. The fourth-order valence-corrected chi connectivity index (χ4v) is 2.08. The molecule has 0 saturated carbocycles. The molecule has 0 aliphatic carbocycles. The normalized spacial score (nSPS) is 11.0. The molecule has 1 aromatic carbocycles. The minimum Gasteiger partial charge on any atom is -0.493 e. The van der Waals surface area contributed by atoms with Crippen LogP contribution in [0.15, 0.2) is 40.9 Å². The Morgan fingerprint density at radius 1 is 1.32 bits per heavy atom. The summed E-state index contributed by atoms with van der Waals surface area (Å²) in [4.78, 5) is 4.23. The molecule has 100 valence electrons. The Kier molecular flexibility index (Phi) is 5.49. The quantitative estimate of drug-likeness (QED) is 0.725. The summed E-state index contributed by atoms with van der Waals surface area (Å²) in [5, 5.41) is 3.83. The van der Waals surface area contributed by atoms with Gasteiger partial charge >= 0.3 is 0 Å². The van der Waals surface area contributed by atoms with Crippen LogP contribution < -0.4 is 4.74 Å². The largest absolute Gasteiger partial charge is 0.493 e. The smallest absolute Gasteiger partial charge is 0.236 e. The van der Waals surface area contributed by atoms with Crippen molar-refractivity contribution in [2.45, 2.75) is 12.7 Å². The number of thioether (sulfide) groups is 1. The molecule has 2 aromatic rings. The Morgan fingerprint density at radius 2 is 2.16 bits per heavy atom. The minimum atomic E-state index is 0.624. The van der Waals surface area contributed by atoms with Crippen LogP contribution in [-0.2, 0) is 5.75 Å². The van der Waals surface area contributed by atoms with Gasteiger partial charge in [-0.3, -0.25) is 0 Å². The molecule has 5 heteroatoms. The Morgan fingerprint density at radius 3 is 2.95 bits per heavy atom. The highest BCUT2D eigenvalue weighted by Crippen LogP contribution is 2.12. The zero-order chi connectivity index (χ0) is 13.3. The van der Waals surface area contributed by atoms with Gasteiger partial charge in [0, 0.05) is 5.75 Å². The van der Waals surface area contributed by atoms with Gasteiger partial charge in [-0.05, 0) is 25.1 Å². The van der Waals surface area contributed by atoms with E-state index >= 15 is 0 Å².